The number of rotatable bonds is 9. The maximum Gasteiger partial charge on any atom is 0.249 e. The van der Waals surface area contributed by atoms with Crippen molar-refractivity contribution < 1.29 is 19.1 Å². The Balaban J connectivity index is 1.65. The van der Waals surface area contributed by atoms with Crippen LogP contribution in [0.15, 0.2) is 60.7 Å². The number of carbonyl (C=O) groups excluding carboxylic acids is 2. The maximum atomic E-state index is 14.3. The molecule has 1 fully saturated rings. The van der Waals surface area contributed by atoms with Gasteiger partial charge in [-0.2, -0.15) is 0 Å². The minimum atomic E-state index is -1.02. The lowest BCUT2D eigenvalue weighted by atomic mass is 9.99. The summed E-state index contributed by atoms with van der Waals surface area (Å²) in [4.78, 5) is 30.1. The molecule has 1 unspecified atom stereocenters. The number of para-hydroxylation sites is 2. The molecule has 1 atom stereocenters. The largest absolute Gasteiger partial charge is 0.493 e. The van der Waals surface area contributed by atoms with E-state index >= 15 is 0 Å². The lowest BCUT2D eigenvalue weighted by Gasteiger charge is -2.33. The average molecular weight is 542 g/mol. The zero-order valence-electron chi connectivity index (χ0n) is 23.4. The molecule has 0 spiro atoms. The van der Waals surface area contributed by atoms with E-state index in [4.69, 9.17) is 9.47 Å². The van der Waals surface area contributed by atoms with E-state index in [1.165, 1.54) is 7.11 Å². The third-order valence-electron chi connectivity index (χ3n) is 7.68. The van der Waals surface area contributed by atoms with E-state index in [0.717, 1.165) is 42.3 Å². The monoisotopic (exact) mass is 541 g/mol. The predicted molar refractivity (Wildman–Crippen MR) is 154 cm³/mol. The molecule has 1 aliphatic rings. The fourth-order valence-corrected chi connectivity index (χ4v) is 5.43. The fraction of sp³-hybridized carbons (Fsp3) is 0.355. The number of amides is 2. The number of benzene rings is 3. The maximum absolute atomic E-state index is 14.3. The van der Waals surface area contributed by atoms with Gasteiger partial charge in [0.1, 0.15) is 18.1 Å². The summed E-state index contributed by atoms with van der Waals surface area (Å²) in [6, 6.07) is 17.7. The highest BCUT2D eigenvalue weighted by atomic mass is 16.5. The highest BCUT2D eigenvalue weighted by Gasteiger charge is 2.37. The van der Waals surface area contributed by atoms with E-state index < -0.39 is 6.04 Å². The molecule has 1 aliphatic carbocycles. The Hall–Kier alpha value is -4.40. The smallest absolute Gasteiger partial charge is 0.249 e. The van der Waals surface area contributed by atoms with E-state index in [1.807, 2.05) is 62.4 Å². The van der Waals surface area contributed by atoms with Gasteiger partial charge in [0, 0.05) is 17.3 Å². The molecule has 2 amide bonds. The van der Waals surface area contributed by atoms with Crippen LogP contribution in [0, 0.1) is 13.8 Å². The Morgan fingerprint density at radius 1 is 1.00 bits per heavy atom. The number of hydrogen-bond donors (Lipinski definition) is 1. The minimum absolute atomic E-state index is 0.0579. The summed E-state index contributed by atoms with van der Waals surface area (Å²) in [5, 5.41) is 11.7. The van der Waals surface area contributed by atoms with Crippen LogP contribution in [-0.4, -0.2) is 47.1 Å². The topological polar surface area (TPSA) is 98.6 Å². The molecule has 1 N–H and O–H groups in total. The van der Waals surface area contributed by atoms with Gasteiger partial charge in [0.25, 0.3) is 0 Å². The van der Waals surface area contributed by atoms with Crippen LogP contribution in [0.1, 0.15) is 48.4 Å². The summed E-state index contributed by atoms with van der Waals surface area (Å²) in [6.45, 7) is 3.90. The zero-order valence-corrected chi connectivity index (χ0v) is 23.4. The van der Waals surface area contributed by atoms with Crippen LogP contribution in [0.5, 0.6) is 11.5 Å². The molecule has 0 aliphatic heterocycles. The van der Waals surface area contributed by atoms with E-state index in [1.54, 1.807) is 28.8 Å². The van der Waals surface area contributed by atoms with E-state index in [-0.39, 0.29) is 24.4 Å². The lowest BCUT2D eigenvalue weighted by Crippen LogP contribution is -2.47. The minimum Gasteiger partial charge on any atom is -0.493 e. The Morgan fingerprint density at radius 3 is 2.50 bits per heavy atom. The number of carbonyl (C=O) groups is 2. The van der Waals surface area contributed by atoms with Gasteiger partial charge in [-0.05, 0) is 68.1 Å². The molecule has 40 heavy (non-hydrogen) atoms. The van der Waals surface area contributed by atoms with Crippen molar-refractivity contribution in [2.45, 2.75) is 58.2 Å². The number of ether oxygens (including phenoxy) is 2. The fourth-order valence-electron chi connectivity index (χ4n) is 5.43. The van der Waals surface area contributed by atoms with Crippen LogP contribution in [0.4, 0.5) is 5.69 Å². The molecule has 1 heterocycles. The molecule has 1 aromatic heterocycles. The summed E-state index contributed by atoms with van der Waals surface area (Å²) in [5.74, 6) is 0.307. The Labute approximate surface area is 234 Å². The molecule has 9 heteroatoms. The molecule has 3 aromatic carbocycles. The van der Waals surface area contributed by atoms with Crippen molar-refractivity contribution in [1.29, 1.82) is 0 Å². The highest BCUT2D eigenvalue weighted by molar-refractivity contribution is 6.02. The molecule has 9 nitrogen and oxygen atoms in total. The molecule has 5 rings (SSSR count). The summed E-state index contributed by atoms with van der Waals surface area (Å²) in [6.07, 6.45) is 3.96. The van der Waals surface area contributed by atoms with Gasteiger partial charge < -0.3 is 14.8 Å². The quantitative estimate of drug-likeness (QED) is 0.324. The first-order valence-electron chi connectivity index (χ1n) is 13.6. The Kier molecular flexibility index (Phi) is 8.00. The second kappa shape index (κ2) is 11.8. The van der Waals surface area contributed by atoms with Crippen molar-refractivity contribution in [3.63, 3.8) is 0 Å². The Morgan fingerprint density at radius 2 is 1.77 bits per heavy atom. The van der Waals surface area contributed by atoms with Gasteiger partial charge >= 0.3 is 0 Å². The standard InChI is InChI=1S/C31H35N5O4/c1-20-16-17-23(18-21(20)2)36(28(37)19-35-26-14-8-7-13-25(26)33-34-35)29(31(38)32-22-10-5-6-11-22)24-12-9-15-27(39-3)30(24)40-4/h7-9,12-18,22,29H,5-6,10-11,19H2,1-4H3,(H,32,38). The van der Waals surface area contributed by atoms with Crippen molar-refractivity contribution in [3.05, 3.63) is 77.4 Å². The van der Waals surface area contributed by atoms with Gasteiger partial charge in [-0.25, -0.2) is 4.68 Å². The zero-order chi connectivity index (χ0) is 28.2. The van der Waals surface area contributed by atoms with Gasteiger partial charge in [-0.15, -0.1) is 5.10 Å². The van der Waals surface area contributed by atoms with Crippen molar-refractivity contribution in [3.8, 4) is 11.5 Å². The van der Waals surface area contributed by atoms with Crippen LogP contribution >= 0.6 is 0 Å². The van der Waals surface area contributed by atoms with Crippen molar-refractivity contribution >= 4 is 28.5 Å². The van der Waals surface area contributed by atoms with Crippen molar-refractivity contribution in [1.82, 2.24) is 20.3 Å². The van der Waals surface area contributed by atoms with Crippen LogP contribution in [0.2, 0.25) is 0 Å². The number of fused-ring (bicyclic) bond motifs is 1. The molecule has 1 saturated carbocycles. The summed E-state index contributed by atoms with van der Waals surface area (Å²) in [7, 11) is 3.09. The molecule has 0 saturated heterocycles. The van der Waals surface area contributed by atoms with Crippen LogP contribution in [0.3, 0.4) is 0 Å². The van der Waals surface area contributed by atoms with Crippen molar-refractivity contribution in [2.24, 2.45) is 0 Å². The number of anilines is 1. The second-order valence-corrected chi connectivity index (χ2v) is 10.2. The molecule has 4 aromatic rings. The number of nitrogens with zero attached hydrogens (tertiary/aromatic N) is 4. The van der Waals surface area contributed by atoms with Gasteiger partial charge in [0.05, 0.1) is 19.7 Å². The van der Waals surface area contributed by atoms with Gasteiger partial charge in [-0.1, -0.05) is 48.4 Å². The number of aryl methyl sites for hydroxylation is 2. The van der Waals surface area contributed by atoms with Crippen LogP contribution in [-0.2, 0) is 16.1 Å². The number of aromatic nitrogens is 3. The third-order valence-corrected chi connectivity index (χ3v) is 7.68. The predicted octanol–water partition coefficient (Wildman–Crippen LogP) is 4.90. The Bertz CT molecular complexity index is 1530. The van der Waals surface area contributed by atoms with Gasteiger partial charge in [-0.3, -0.25) is 14.5 Å². The van der Waals surface area contributed by atoms with Crippen LogP contribution in [0.25, 0.3) is 11.0 Å². The number of methoxy groups -OCH3 is 2. The second-order valence-electron chi connectivity index (χ2n) is 10.2. The molecular weight excluding hydrogens is 506 g/mol. The molecule has 0 radical (unpaired) electrons. The lowest BCUT2D eigenvalue weighted by molar-refractivity contribution is -0.127. The van der Waals surface area contributed by atoms with E-state index in [2.05, 4.69) is 15.6 Å². The first kappa shape index (κ1) is 27.2. The average Bonchev–Trinajstić information content (AvgIpc) is 3.62. The summed E-state index contributed by atoms with van der Waals surface area (Å²) < 4.78 is 12.9. The first-order chi connectivity index (χ1) is 19.4. The highest BCUT2D eigenvalue weighted by Crippen LogP contribution is 2.39. The SMILES string of the molecule is COc1cccc(C(C(=O)NC2CCCC2)N(C(=O)Cn2nnc3ccccc32)c2ccc(C)c(C)c2)c1OC. The van der Waals surface area contributed by atoms with Crippen LogP contribution < -0.4 is 19.7 Å². The molecule has 208 valence electrons. The molecular formula is C31H35N5O4. The number of hydrogen-bond acceptors (Lipinski definition) is 6. The summed E-state index contributed by atoms with van der Waals surface area (Å²) >= 11 is 0. The first-order valence-corrected chi connectivity index (χ1v) is 13.6. The van der Waals surface area contributed by atoms with E-state index in [0.29, 0.717) is 28.3 Å². The van der Waals surface area contributed by atoms with Gasteiger partial charge in [0.2, 0.25) is 11.8 Å². The third kappa shape index (κ3) is 5.36. The molecule has 0 bridgehead atoms. The van der Waals surface area contributed by atoms with Crippen molar-refractivity contribution in [2.75, 3.05) is 19.1 Å². The van der Waals surface area contributed by atoms with Gasteiger partial charge in [0.15, 0.2) is 11.5 Å². The normalized spacial score (nSPS) is 14.2. The van der Waals surface area contributed by atoms with E-state index in [9.17, 15) is 9.59 Å². The summed E-state index contributed by atoms with van der Waals surface area (Å²) in [5.41, 5.74) is 4.67. The number of nitrogens with one attached hydrogen (secondary N) is 1.